The van der Waals surface area contributed by atoms with E-state index in [-0.39, 0.29) is 25.1 Å². The van der Waals surface area contributed by atoms with Crippen molar-refractivity contribution in [1.82, 2.24) is 14.7 Å². The van der Waals surface area contributed by atoms with Gasteiger partial charge in [-0.05, 0) is 57.2 Å². The van der Waals surface area contributed by atoms with Crippen molar-refractivity contribution in [2.24, 2.45) is 0 Å². The summed E-state index contributed by atoms with van der Waals surface area (Å²) < 4.78 is 40.3. The Kier molecular flexibility index (Phi) is 8.77. The molecule has 0 bridgehead atoms. The number of hydrogen-bond donors (Lipinski definition) is 1. The van der Waals surface area contributed by atoms with Gasteiger partial charge in [0.1, 0.15) is 24.0 Å². The lowest BCUT2D eigenvalue weighted by atomic mass is 10.2. The molecule has 2 aromatic carbocycles. The van der Waals surface area contributed by atoms with Crippen LogP contribution < -0.4 is 4.74 Å². The van der Waals surface area contributed by atoms with Crippen LogP contribution in [0.15, 0.2) is 48.5 Å². The Labute approximate surface area is 198 Å². The van der Waals surface area contributed by atoms with Gasteiger partial charge in [0, 0.05) is 25.2 Å². The van der Waals surface area contributed by atoms with E-state index in [0.29, 0.717) is 36.1 Å². The highest BCUT2D eigenvalue weighted by Crippen LogP contribution is 2.32. The van der Waals surface area contributed by atoms with E-state index in [1.54, 1.807) is 28.9 Å². The van der Waals surface area contributed by atoms with Crippen LogP contribution in [0.3, 0.4) is 0 Å². The van der Waals surface area contributed by atoms with Gasteiger partial charge in [0.05, 0.1) is 29.7 Å². The first kappa shape index (κ1) is 25.4. The molecule has 0 aliphatic heterocycles. The van der Waals surface area contributed by atoms with Gasteiger partial charge >= 0.3 is 0 Å². The second-order valence-electron chi connectivity index (χ2n) is 8.21. The number of benzene rings is 2. The number of aromatic nitrogens is 2. The minimum Gasteiger partial charge on any atom is -0.438 e. The van der Waals surface area contributed by atoms with Crippen molar-refractivity contribution in [3.05, 3.63) is 71.4 Å². The summed E-state index contributed by atoms with van der Waals surface area (Å²) in [6, 6.07) is 11.8. The van der Waals surface area contributed by atoms with Crippen molar-refractivity contribution < 1.29 is 23.4 Å². The molecule has 1 heterocycles. The van der Waals surface area contributed by atoms with Crippen molar-refractivity contribution in [3.63, 3.8) is 0 Å². The van der Waals surface area contributed by atoms with Gasteiger partial charge in [-0.1, -0.05) is 12.0 Å². The number of halogens is 2. The molecule has 0 saturated carbocycles. The summed E-state index contributed by atoms with van der Waals surface area (Å²) in [4.78, 5) is 2.06. The number of terminal acetylenes is 1. The largest absolute Gasteiger partial charge is 0.438 e. The second-order valence-corrected chi connectivity index (χ2v) is 8.21. The molecule has 0 aliphatic rings. The zero-order valence-electron chi connectivity index (χ0n) is 19.5. The van der Waals surface area contributed by atoms with E-state index < -0.39 is 11.9 Å². The molecule has 8 heteroatoms. The van der Waals surface area contributed by atoms with Gasteiger partial charge in [0.25, 0.3) is 0 Å². The zero-order valence-corrected chi connectivity index (χ0v) is 19.5. The fraction of sp³-hybridized carbons (Fsp3) is 0.346. The lowest BCUT2D eigenvalue weighted by Crippen LogP contribution is -2.39. The van der Waals surface area contributed by atoms with Crippen molar-refractivity contribution in [2.45, 2.75) is 39.5 Å². The van der Waals surface area contributed by atoms with Crippen molar-refractivity contribution in [3.8, 4) is 29.7 Å². The number of nitrogens with zero attached hydrogens (tertiary/aromatic N) is 3. The van der Waals surface area contributed by atoms with Crippen LogP contribution in [0.4, 0.5) is 8.78 Å². The number of hydrogen-bond acceptors (Lipinski definition) is 5. The molecule has 3 aromatic rings. The highest BCUT2D eigenvalue weighted by atomic mass is 19.1. The molecule has 1 N–H and O–H groups in total. The maximum atomic E-state index is 13.8. The summed E-state index contributed by atoms with van der Waals surface area (Å²) in [5.41, 5.74) is 2.06. The van der Waals surface area contributed by atoms with Crippen LogP contribution in [-0.2, 0) is 11.3 Å². The summed E-state index contributed by atoms with van der Waals surface area (Å²) in [6.07, 6.45) is 4.46. The fourth-order valence-corrected chi connectivity index (χ4v) is 3.46. The summed E-state index contributed by atoms with van der Waals surface area (Å²) in [7, 11) is 0. The quantitative estimate of drug-likeness (QED) is 0.332. The van der Waals surface area contributed by atoms with Crippen LogP contribution in [0, 0.1) is 30.9 Å². The Bertz CT molecular complexity index is 1120. The molecule has 34 heavy (non-hydrogen) atoms. The van der Waals surface area contributed by atoms with Gasteiger partial charge in [-0.15, -0.1) is 6.42 Å². The van der Waals surface area contributed by atoms with Crippen LogP contribution >= 0.6 is 0 Å². The Morgan fingerprint density at radius 1 is 1.15 bits per heavy atom. The molecule has 1 atom stereocenters. The van der Waals surface area contributed by atoms with Crippen molar-refractivity contribution in [1.29, 1.82) is 0 Å². The maximum Gasteiger partial charge on any atom is 0.227 e. The first-order chi connectivity index (χ1) is 16.3. The van der Waals surface area contributed by atoms with E-state index in [0.717, 1.165) is 5.56 Å². The number of aliphatic hydroxyl groups excluding tert-OH is 1. The third-order valence-corrected chi connectivity index (χ3v) is 5.25. The van der Waals surface area contributed by atoms with E-state index in [9.17, 15) is 13.9 Å². The van der Waals surface area contributed by atoms with Crippen molar-refractivity contribution >= 4 is 0 Å². The molecule has 180 valence electrons. The molecule has 0 aliphatic carbocycles. The van der Waals surface area contributed by atoms with E-state index in [2.05, 4.69) is 15.9 Å². The van der Waals surface area contributed by atoms with Gasteiger partial charge in [-0.3, -0.25) is 4.90 Å². The normalized spacial score (nSPS) is 12.2. The average molecular weight is 470 g/mol. The summed E-state index contributed by atoms with van der Waals surface area (Å²) in [5.74, 6) is 2.28. The third kappa shape index (κ3) is 6.64. The van der Waals surface area contributed by atoms with Crippen LogP contribution in [0.5, 0.6) is 11.6 Å². The number of ether oxygens (including phenoxy) is 2. The standard InChI is InChI=1S/C26H29F2N3O3/c1-5-13-33-17-23(32)15-30(18(2)3)16-25-19(4)29-31(22-11-9-20(27)10-12-22)26(25)34-24-8-6-7-21(28)14-24/h1,6-12,14,18,23,32H,13,15-17H2,2-4H3/t23-/m1/s1. The lowest BCUT2D eigenvalue weighted by molar-refractivity contribution is 0.0190. The van der Waals surface area contributed by atoms with Crippen LogP contribution in [0.1, 0.15) is 25.1 Å². The van der Waals surface area contributed by atoms with Crippen LogP contribution in [-0.4, -0.2) is 51.7 Å². The van der Waals surface area contributed by atoms with E-state index in [1.165, 1.54) is 24.3 Å². The third-order valence-electron chi connectivity index (χ3n) is 5.25. The molecule has 0 spiro atoms. The van der Waals surface area contributed by atoms with Gasteiger partial charge in [-0.25, -0.2) is 13.5 Å². The monoisotopic (exact) mass is 469 g/mol. The molecule has 0 radical (unpaired) electrons. The summed E-state index contributed by atoms with van der Waals surface area (Å²) in [5, 5.41) is 15.0. The molecule has 6 nitrogen and oxygen atoms in total. The van der Waals surface area contributed by atoms with Crippen LogP contribution in [0.25, 0.3) is 5.69 Å². The highest BCUT2D eigenvalue weighted by molar-refractivity contribution is 5.43. The van der Waals surface area contributed by atoms with Gasteiger partial charge < -0.3 is 14.6 Å². The highest BCUT2D eigenvalue weighted by Gasteiger charge is 2.24. The molecule has 0 unspecified atom stereocenters. The summed E-state index contributed by atoms with van der Waals surface area (Å²) >= 11 is 0. The van der Waals surface area contributed by atoms with Crippen molar-refractivity contribution in [2.75, 3.05) is 19.8 Å². The molecule has 0 saturated heterocycles. The minimum absolute atomic E-state index is 0.0814. The molecular formula is C26H29F2N3O3. The van der Waals surface area contributed by atoms with Gasteiger partial charge in [0.15, 0.2) is 0 Å². The lowest BCUT2D eigenvalue weighted by Gasteiger charge is -2.28. The maximum absolute atomic E-state index is 13.8. The molecule has 1 aromatic heterocycles. The number of aliphatic hydroxyl groups is 1. The predicted octanol–water partition coefficient (Wildman–Crippen LogP) is 4.47. The Hall–Kier alpha value is -3.25. The molecule has 0 fully saturated rings. The van der Waals surface area contributed by atoms with E-state index >= 15 is 0 Å². The summed E-state index contributed by atoms with van der Waals surface area (Å²) in [6.45, 7) is 6.87. The first-order valence-electron chi connectivity index (χ1n) is 11.0. The average Bonchev–Trinajstić information content (AvgIpc) is 3.09. The molecule has 3 rings (SSSR count). The van der Waals surface area contributed by atoms with E-state index in [1.807, 2.05) is 20.8 Å². The SMILES string of the molecule is C#CCOC[C@H](O)CN(Cc1c(C)nn(-c2ccc(F)cc2)c1Oc1cccc(F)c1)C(C)C. The minimum atomic E-state index is -0.740. The fourth-order valence-electron chi connectivity index (χ4n) is 3.46. The van der Waals surface area contributed by atoms with E-state index in [4.69, 9.17) is 15.9 Å². The van der Waals surface area contributed by atoms with Gasteiger partial charge in [-0.2, -0.15) is 5.10 Å². The molecule has 0 amide bonds. The topological polar surface area (TPSA) is 59.8 Å². The van der Waals surface area contributed by atoms with Crippen LogP contribution in [0.2, 0.25) is 0 Å². The number of aryl methyl sites for hydroxylation is 1. The Balaban J connectivity index is 1.96. The second kappa shape index (κ2) is 11.7. The number of rotatable bonds is 11. The Morgan fingerprint density at radius 3 is 2.53 bits per heavy atom. The first-order valence-corrected chi connectivity index (χ1v) is 11.0. The molecular weight excluding hydrogens is 440 g/mol. The Morgan fingerprint density at radius 2 is 1.88 bits per heavy atom. The zero-order chi connectivity index (χ0) is 24.7. The smallest absolute Gasteiger partial charge is 0.227 e. The predicted molar refractivity (Wildman–Crippen MR) is 126 cm³/mol. The van der Waals surface area contributed by atoms with Gasteiger partial charge in [0.2, 0.25) is 5.88 Å².